The van der Waals surface area contributed by atoms with Crippen molar-refractivity contribution in [1.29, 1.82) is 0 Å². The zero-order chi connectivity index (χ0) is 17.9. The van der Waals surface area contributed by atoms with Crippen molar-refractivity contribution in [1.82, 2.24) is 0 Å². The number of benzene rings is 1. The fourth-order valence-electron chi connectivity index (χ4n) is 4.00. The molecule has 0 bridgehead atoms. The predicted octanol–water partition coefficient (Wildman–Crippen LogP) is 1.53. The van der Waals surface area contributed by atoms with Crippen LogP contribution in [0.1, 0.15) is 33.6 Å². The average molecular weight is 341 g/mol. The van der Waals surface area contributed by atoms with Crippen LogP contribution in [0.15, 0.2) is 40.7 Å². The van der Waals surface area contributed by atoms with Crippen LogP contribution in [-0.2, 0) is 0 Å². The standard InChI is InChI=1S/C19H17O6/c1-25-12-4-2-3-10-13(12)19(24)15-14(17(10)22)18(23)11-7-8(20)5-6-9(11)16(15)21/h2-4,6,8,11,18,20-21,23H,5,7H2,1H3. The van der Waals surface area contributed by atoms with Gasteiger partial charge in [-0.25, -0.2) is 0 Å². The van der Waals surface area contributed by atoms with Gasteiger partial charge >= 0.3 is 0 Å². The Morgan fingerprint density at radius 2 is 1.92 bits per heavy atom. The molecule has 6 nitrogen and oxygen atoms in total. The minimum atomic E-state index is -1.25. The Labute approximate surface area is 144 Å². The summed E-state index contributed by atoms with van der Waals surface area (Å²) in [4.78, 5) is 26.0. The lowest BCUT2D eigenvalue weighted by molar-refractivity contribution is 0.0685. The Balaban J connectivity index is 1.94. The second-order valence-corrected chi connectivity index (χ2v) is 6.51. The zero-order valence-electron chi connectivity index (χ0n) is 13.5. The average Bonchev–Trinajstić information content (AvgIpc) is 2.61. The molecule has 3 atom stereocenters. The number of ether oxygens (including phenoxy) is 1. The van der Waals surface area contributed by atoms with E-state index in [-0.39, 0.29) is 40.2 Å². The Kier molecular flexibility index (Phi) is 3.56. The van der Waals surface area contributed by atoms with Crippen LogP contribution in [0.2, 0.25) is 0 Å². The molecule has 3 unspecified atom stereocenters. The number of hydrogen-bond donors (Lipinski definition) is 3. The Bertz CT molecular complexity index is 863. The summed E-state index contributed by atoms with van der Waals surface area (Å²) in [6.07, 6.45) is 0.271. The molecule has 0 amide bonds. The van der Waals surface area contributed by atoms with E-state index < -0.39 is 29.7 Å². The molecule has 1 fully saturated rings. The van der Waals surface area contributed by atoms with Crippen molar-refractivity contribution in [2.75, 3.05) is 7.11 Å². The third kappa shape index (κ3) is 2.11. The molecule has 0 aromatic heterocycles. The van der Waals surface area contributed by atoms with Crippen molar-refractivity contribution in [3.63, 3.8) is 0 Å². The molecule has 1 radical (unpaired) electrons. The first-order valence-corrected chi connectivity index (χ1v) is 8.09. The number of methoxy groups -OCH3 is 1. The van der Waals surface area contributed by atoms with Crippen LogP contribution in [0.3, 0.4) is 0 Å². The summed E-state index contributed by atoms with van der Waals surface area (Å²) < 4.78 is 5.20. The van der Waals surface area contributed by atoms with Crippen LogP contribution >= 0.6 is 0 Å². The number of aliphatic hydroxyl groups excluding tert-OH is 3. The molecule has 25 heavy (non-hydrogen) atoms. The van der Waals surface area contributed by atoms with E-state index in [1.807, 2.05) is 0 Å². The van der Waals surface area contributed by atoms with E-state index in [0.29, 0.717) is 12.0 Å². The van der Waals surface area contributed by atoms with Crippen LogP contribution in [-0.4, -0.2) is 46.2 Å². The number of fused-ring (bicyclic) bond motifs is 2. The third-order valence-corrected chi connectivity index (χ3v) is 5.18. The number of hydrogen-bond acceptors (Lipinski definition) is 6. The molecule has 1 saturated carbocycles. The molecule has 1 aromatic rings. The second kappa shape index (κ2) is 5.54. The molecular weight excluding hydrogens is 324 g/mol. The maximum absolute atomic E-state index is 13.0. The molecule has 129 valence electrons. The van der Waals surface area contributed by atoms with E-state index in [1.54, 1.807) is 18.6 Å². The number of rotatable bonds is 1. The van der Waals surface area contributed by atoms with Gasteiger partial charge in [0.1, 0.15) is 11.5 Å². The minimum absolute atomic E-state index is 0.0977. The second-order valence-electron chi connectivity index (χ2n) is 6.51. The topological polar surface area (TPSA) is 104 Å². The Morgan fingerprint density at radius 3 is 2.64 bits per heavy atom. The highest BCUT2D eigenvalue weighted by molar-refractivity contribution is 6.30. The van der Waals surface area contributed by atoms with Gasteiger partial charge in [0, 0.05) is 17.1 Å². The number of ketones is 2. The van der Waals surface area contributed by atoms with Crippen LogP contribution < -0.4 is 4.74 Å². The quantitative estimate of drug-likeness (QED) is 0.716. The van der Waals surface area contributed by atoms with Crippen molar-refractivity contribution in [3.8, 4) is 5.75 Å². The van der Waals surface area contributed by atoms with Crippen molar-refractivity contribution in [2.24, 2.45) is 5.92 Å². The lowest BCUT2D eigenvalue weighted by atomic mass is 9.67. The summed E-state index contributed by atoms with van der Waals surface area (Å²) in [6, 6.07) is 4.68. The van der Waals surface area contributed by atoms with E-state index in [0.717, 1.165) is 0 Å². The highest BCUT2D eigenvalue weighted by Gasteiger charge is 2.47. The molecule has 1 aromatic carbocycles. The summed E-state index contributed by atoms with van der Waals surface area (Å²) >= 11 is 0. The van der Waals surface area contributed by atoms with E-state index in [4.69, 9.17) is 4.74 Å². The molecule has 3 N–H and O–H groups in total. The van der Waals surface area contributed by atoms with Crippen LogP contribution in [0, 0.1) is 12.3 Å². The molecule has 0 spiro atoms. The lowest BCUT2D eigenvalue weighted by Gasteiger charge is -2.39. The van der Waals surface area contributed by atoms with E-state index >= 15 is 0 Å². The Morgan fingerprint density at radius 1 is 1.16 bits per heavy atom. The van der Waals surface area contributed by atoms with Gasteiger partial charge in [0.05, 0.1) is 30.5 Å². The van der Waals surface area contributed by atoms with Crippen molar-refractivity contribution in [3.05, 3.63) is 58.2 Å². The molecule has 0 heterocycles. The van der Waals surface area contributed by atoms with Gasteiger partial charge in [0.2, 0.25) is 5.78 Å². The first-order valence-electron chi connectivity index (χ1n) is 8.09. The molecule has 0 saturated heterocycles. The fourth-order valence-corrected chi connectivity index (χ4v) is 4.00. The largest absolute Gasteiger partial charge is 0.507 e. The maximum Gasteiger partial charge on any atom is 0.201 e. The molecular formula is C19H17O6. The zero-order valence-corrected chi connectivity index (χ0v) is 13.5. The number of carbonyl (C=O) groups is 2. The van der Waals surface area contributed by atoms with Gasteiger partial charge in [-0.1, -0.05) is 12.1 Å². The number of Topliss-reactive ketones (excluding diaryl/α,β-unsaturated/α-hetero) is 2. The number of aliphatic hydroxyl groups is 3. The molecule has 3 aliphatic carbocycles. The minimum Gasteiger partial charge on any atom is -0.507 e. The highest BCUT2D eigenvalue weighted by atomic mass is 16.5. The SMILES string of the molecule is COc1cccc2c1C(=O)C1=C(C2=O)C(O)C2CC(O)C[CH]C2=C1O. The summed E-state index contributed by atoms with van der Waals surface area (Å²) in [5, 5.41) is 31.3. The van der Waals surface area contributed by atoms with Gasteiger partial charge < -0.3 is 20.1 Å². The Hall–Kier alpha value is -2.44. The summed E-state index contributed by atoms with van der Waals surface area (Å²) in [6.45, 7) is 0. The van der Waals surface area contributed by atoms with Crippen LogP contribution in [0.25, 0.3) is 0 Å². The summed E-state index contributed by atoms with van der Waals surface area (Å²) in [5.41, 5.74) is 0.407. The van der Waals surface area contributed by atoms with E-state index in [9.17, 15) is 24.9 Å². The maximum atomic E-state index is 13.0. The smallest absolute Gasteiger partial charge is 0.201 e. The van der Waals surface area contributed by atoms with E-state index in [1.165, 1.54) is 13.2 Å². The van der Waals surface area contributed by atoms with Gasteiger partial charge in [-0.15, -0.1) is 0 Å². The van der Waals surface area contributed by atoms with E-state index in [2.05, 4.69) is 0 Å². The van der Waals surface area contributed by atoms with Crippen LogP contribution in [0.5, 0.6) is 5.75 Å². The first kappa shape index (κ1) is 16.1. The van der Waals surface area contributed by atoms with Gasteiger partial charge in [-0.05, 0) is 30.9 Å². The lowest BCUT2D eigenvalue weighted by Crippen LogP contribution is -2.42. The summed E-state index contributed by atoms with van der Waals surface area (Å²) in [7, 11) is 1.40. The van der Waals surface area contributed by atoms with Gasteiger partial charge in [-0.2, -0.15) is 0 Å². The summed E-state index contributed by atoms with van der Waals surface area (Å²) in [5.74, 6) is -1.68. The van der Waals surface area contributed by atoms with Crippen molar-refractivity contribution >= 4 is 11.6 Å². The molecule has 6 heteroatoms. The fraction of sp³-hybridized carbons (Fsp3) is 0.316. The van der Waals surface area contributed by atoms with Crippen LogP contribution in [0.4, 0.5) is 0 Å². The molecule has 0 aliphatic heterocycles. The molecule has 3 aliphatic rings. The normalized spacial score (nSPS) is 28.5. The molecule has 4 rings (SSSR count). The van der Waals surface area contributed by atoms with Gasteiger partial charge in [0.15, 0.2) is 5.78 Å². The monoisotopic (exact) mass is 341 g/mol. The van der Waals surface area contributed by atoms with Crippen molar-refractivity contribution in [2.45, 2.75) is 25.0 Å². The first-order chi connectivity index (χ1) is 12.0. The third-order valence-electron chi connectivity index (χ3n) is 5.18. The number of carbonyl (C=O) groups excluding carboxylic acids is 2. The number of allylic oxidation sites excluding steroid dienone is 1. The highest BCUT2D eigenvalue weighted by Crippen LogP contribution is 2.46. The predicted molar refractivity (Wildman–Crippen MR) is 87.4 cm³/mol. The van der Waals surface area contributed by atoms with Crippen molar-refractivity contribution < 1.29 is 29.6 Å². The van der Waals surface area contributed by atoms with Gasteiger partial charge in [0.25, 0.3) is 0 Å². The van der Waals surface area contributed by atoms with Gasteiger partial charge in [-0.3, -0.25) is 9.59 Å².